The second-order valence-electron chi connectivity index (χ2n) is 8.01. The van der Waals surface area contributed by atoms with Crippen LogP contribution in [0.25, 0.3) is 11.0 Å². The third-order valence-corrected chi connectivity index (χ3v) is 5.41. The summed E-state index contributed by atoms with van der Waals surface area (Å²) in [5.41, 5.74) is 3.57. The topological polar surface area (TPSA) is 46.9 Å². The number of benzene rings is 1. The Morgan fingerprint density at radius 2 is 2.04 bits per heavy atom. The molecular formula is C21H29N3O. The van der Waals surface area contributed by atoms with Crippen molar-refractivity contribution in [2.75, 3.05) is 6.54 Å². The minimum absolute atomic E-state index is 0.0818. The molecular weight excluding hydrogens is 310 g/mol. The second kappa shape index (κ2) is 6.66. The van der Waals surface area contributed by atoms with E-state index in [0.29, 0.717) is 12.5 Å². The van der Waals surface area contributed by atoms with Crippen LogP contribution in [0, 0.1) is 24.2 Å². The molecule has 2 aromatic rings. The largest absolute Gasteiger partial charge is 0.356 e. The standard InChI is InChI=1S/C21H29N3O/c1-14(2)13-16-19(21(16,4)5)20(25)22-11-8-12-24-15(3)23-17-9-6-7-10-18(17)24/h6-7,9-10,13,16,19H,8,11-12H2,1-5H3,(H,22,25). The molecule has 134 valence electrons. The minimum atomic E-state index is 0.0818. The number of aromatic nitrogens is 2. The van der Waals surface area contributed by atoms with Crippen LogP contribution in [-0.2, 0) is 11.3 Å². The maximum atomic E-state index is 12.5. The summed E-state index contributed by atoms with van der Waals surface area (Å²) in [5.74, 6) is 1.70. The monoisotopic (exact) mass is 339 g/mol. The van der Waals surface area contributed by atoms with Gasteiger partial charge in [-0.25, -0.2) is 4.98 Å². The third-order valence-electron chi connectivity index (χ3n) is 5.41. The quantitative estimate of drug-likeness (QED) is 0.636. The number of hydrogen-bond donors (Lipinski definition) is 1. The number of nitrogens with one attached hydrogen (secondary N) is 1. The fourth-order valence-corrected chi connectivity index (χ4v) is 3.89. The van der Waals surface area contributed by atoms with Gasteiger partial charge in [0.05, 0.1) is 17.0 Å². The molecule has 1 saturated carbocycles. The Morgan fingerprint density at radius 1 is 1.32 bits per heavy atom. The lowest BCUT2D eigenvalue weighted by atomic mass is 10.1. The van der Waals surface area contributed by atoms with E-state index in [2.05, 4.69) is 54.7 Å². The zero-order valence-electron chi connectivity index (χ0n) is 16.0. The molecule has 1 aromatic heterocycles. The van der Waals surface area contributed by atoms with E-state index in [1.807, 2.05) is 25.1 Å². The first-order valence-electron chi connectivity index (χ1n) is 9.17. The molecule has 25 heavy (non-hydrogen) atoms. The van der Waals surface area contributed by atoms with Crippen molar-refractivity contribution in [3.63, 3.8) is 0 Å². The minimum Gasteiger partial charge on any atom is -0.356 e. The number of carbonyl (C=O) groups excluding carboxylic acids is 1. The second-order valence-corrected chi connectivity index (χ2v) is 8.01. The molecule has 3 rings (SSSR count). The van der Waals surface area contributed by atoms with Crippen molar-refractivity contribution in [3.8, 4) is 0 Å². The van der Waals surface area contributed by atoms with Crippen molar-refractivity contribution in [3.05, 3.63) is 41.7 Å². The molecule has 1 heterocycles. The highest BCUT2D eigenvalue weighted by atomic mass is 16.2. The predicted octanol–water partition coefficient (Wildman–Crippen LogP) is 4.09. The Bertz CT molecular complexity index is 812. The molecule has 0 saturated heterocycles. The van der Waals surface area contributed by atoms with Gasteiger partial charge in [0.15, 0.2) is 0 Å². The summed E-state index contributed by atoms with van der Waals surface area (Å²) >= 11 is 0. The van der Waals surface area contributed by atoms with Crippen LogP contribution in [0.15, 0.2) is 35.9 Å². The fraction of sp³-hybridized carbons (Fsp3) is 0.524. The number of para-hydroxylation sites is 2. The van der Waals surface area contributed by atoms with E-state index in [9.17, 15) is 4.79 Å². The van der Waals surface area contributed by atoms with Gasteiger partial charge in [0.1, 0.15) is 5.82 Å². The maximum absolute atomic E-state index is 12.5. The lowest BCUT2D eigenvalue weighted by molar-refractivity contribution is -0.123. The Labute approximate surface area is 150 Å². The first-order chi connectivity index (χ1) is 11.8. The summed E-state index contributed by atoms with van der Waals surface area (Å²) < 4.78 is 2.23. The molecule has 1 fully saturated rings. The zero-order valence-corrected chi connectivity index (χ0v) is 16.0. The Morgan fingerprint density at radius 3 is 2.76 bits per heavy atom. The van der Waals surface area contributed by atoms with Gasteiger partial charge in [-0.15, -0.1) is 0 Å². The van der Waals surface area contributed by atoms with E-state index in [1.54, 1.807) is 0 Å². The van der Waals surface area contributed by atoms with E-state index >= 15 is 0 Å². The maximum Gasteiger partial charge on any atom is 0.224 e. The first kappa shape index (κ1) is 17.7. The predicted molar refractivity (Wildman–Crippen MR) is 102 cm³/mol. The summed E-state index contributed by atoms with van der Waals surface area (Å²) in [6.07, 6.45) is 3.15. The number of carbonyl (C=O) groups is 1. The van der Waals surface area contributed by atoms with Crippen LogP contribution in [0.5, 0.6) is 0 Å². The summed E-state index contributed by atoms with van der Waals surface area (Å²) in [4.78, 5) is 17.1. The van der Waals surface area contributed by atoms with Gasteiger partial charge in [-0.3, -0.25) is 4.79 Å². The van der Waals surface area contributed by atoms with Crippen LogP contribution in [0.4, 0.5) is 0 Å². The van der Waals surface area contributed by atoms with Gasteiger partial charge in [0.2, 0.25) is 5.91 Å². The van der Waals surface area contributed by atoms with Gasteiger partial charge in [-0.1, -0.05) is 37.6 Å². The van der Waals surface area contributed by atoms with Crippen molar-refractivity contribution in [1.82, 2.24) is 14.9 Å². The molecule has 2 unspecified atom stereocenters. The molecule has 0 radical (unpaired) electrons. The molecule has 1 aromatic carbocycles. The van der Waals surface area contributed by atoms with Gasteiger partial charge < -0.3 is 9.88 Å². The van der Waals surface area contributed by atoms with Crippen LogP contribution in [0.3, 0.4) is 0 Å². The Balaban J connectivity index is 1.53. The van der Waals surface area contributed by atoms with Gasteiger partial charge in [-0.2, -0.15) is 0 Å². The molecule has 0 bridgehead atoms. The van der Waals surface area contributed by atoms with Crippen LogP contribution >= 0.6 is 0 Å². The normalized spacial score (nSPS) is 21.2. The number of amides is 1. The fourth-order valence-electron chi connectivity index (χ4n) is 3.89. The molecule has 1 N–H and O–H groups in total. The summed E-state index contributed by atoms with van der Waals surface area (Å²) in [6.45, 7) is 12.2. The number of imidazole rings is 1. The number of allylic oxidation sites excluding steroid dienone is 2. The molecule has 2 atom stereocenters. The average Bonchev–Trinajstić information content (AvgIpc) is 2.92. The molecule has 1 aliphatic rings. The van der Waals surface area contributed by atoms with E-state index in [4.69, 9.17) is 0 Å². The van der Waals surface area contributed by atoms with E-state index in [-0.39, 0.29) is 17.2 Å². The van der Waals surface area contributed by atoms with Crippen LogP contribution in [-0.4, -0.2) is 22.0 Å². The number of nitrogens with zero attached hydrogens (tertiary/aromatic N) is 2. The number of rotatable bonds is 6. The van der Waals surface area contributed by atoms with Crippen LogP contribution in [0.1, 0.15) is 39.9 Å². The van der Waals surface area contributed by atoms with Gasteiger partial charge >= 0.3 is 0 Å². The third kappa shape index (κ3) is 3.48. The Hall–Kier alpha value is -2.10. The van der Waals surface area contributed by atoms with Gasteiger partial charge in [0, 0.05) is 13.1 Å². The van der Waals surface area contributed by atoms with Crippen LogP contribution < -0.4 is 5.32 Å². The van der Waals surface area contributed by atoms with Gasteiger partial charge in [0.25, 0.3) is 0 Å². The smallest absolute Gasteiger partial charge is 0.224 e. The highest BCUT2D eigenvalue weighted by Gasteiger charge is 2.60. The molecule has 1 amide bonds. The SMILES string of the molecule is CC(C)=CC1C(C(=O)NCCCn2c(C)nc3ccccc32)C1(C)C. The van der Waals surface area contributed by atoms with Crippen LogP contribution in [0.2, 0.25) is 0 Å². The lowest BCUT2D eigenvalue weighted by Gasteiger charge is -2.09. The van der Waals surface area contributed by atoms with Crippen molar-refractivity contribution in [2.24, 2.45) is 17.3 Å². The number of fused-ring (bicyclic) bond motifs is 1. The summed E-state index contributed by atoms with van der Waals surface area (Å²) in [6, 6.07) is 8.20. The zero-order chi connectivity index (χ0) is 18.2. The molecule has 1 aliphatic carbocycles. The van der Waals surface area contributed by atoms with E-state index in [0.717, 1.165) is 24.3 Å². The van der Waals surface area contributed by atoms with Crippen molar-refractivity contribution < 1.29 is 4.79 Å². The van der Waals surface area contributed by atoms with Crippen molar-refractivity contribution >= 4 is 16.9 Å². The summed E-state index contributed by atoms with van der Waals surface area (Å²) in [5, 5.41) is 3.13. The van der Waals surface area contributed by atoms with Crippen molar-refractivity contribution in [1.29, 1.82) is 0 Å². The number of aryl methyl sites for hydroxylation is 2. The average molecular weight is 339 g/mol. The number of hydrogen-bond acceptors (Lipinski definition) is 2. The van der Waals surface area contributed by atoms with Gasteiger partial charge in [-0.05, 0) is 50.7 Å². The first-order valence-corrected chi connectivity index (χ1v) is 9.17. The molecule has 4 heteroatoms. The van der Waals surface area contributed by atoms with E-state index in [1.165, 1.54) is 11.1 Å². The summed E-state index contributed by atoms with van der Waals surface area (Å²) in [7, 11) is 0. The molecule has 0 aliphatic heterocycles. The highest BCUT2D eigenvalue weighted by molar-refractivity contribution is 5.83. The van der Waals surface area contributed by atoms with E-state index < -0.39 is 0 Å². The molecule has 4 nitrogen and oxygen atoms in total. The highest BCUT2D eigenvalue weighted by Crippen LogP contribution is 2.59. The molecule has 0 spiro atoms. The Kier molecular flexibility index (Phi) is 4.72. The van der Waals surface area contributed by atoms with Crippen molar-refractivity contribution in [2.45, 2.75) is 47.6 Å². The lowest BCUT2D eigenvalue weighted by Crippen LogP contribution is -2.28.